The first kappa shape index (κ1) is 20.3. The van der Waals surface area contributed by atoms with E-state index in [-0.39, 0.29) is 12.4 Å². The van der Waals surface area contributed by atoms with Crippen LogP contribution in [-0.2, 0) is 11.3 Å². The largest absolute Gasteiger partial charge is 0.483 e. The van der Waals surface area contributed by atoms with Gasteiger partial charge in [0.1, 0.15) is 5.82 Å². The second-order valence-corrected chi connectivity index (χ2v) is 6.58. The summed E-state index contributed by atoms with van der Waals surface area (Å²) in [7, 11) is 0. The zero-order valence-electron chi connectivity index (χ0n) is 16.0. The summed E-state index contributed by atoms with van der Waals surface area (Å²) in [6, 6.07) is 7.69. The van der Waals surface area contributed by atoms with Gasteiger partial charge in [-0.15, -0.1) is 0 Å². The molecule has 1 aromatic carbocycles. The molecule has 0 bridgehead atoms. The summed E-state index contributed by atoms with van der Waals surface area (Å²) >= 11 is 0. The highest BCUT2D eigenvalue weighted by Gasteiger charge is 2.20. The van der Waals surface area contributed by atoms with Crippen molar-refractivity contribution in [3.8, 4) is 5.69 Å². The normalized spacial score (nSPS) is 14.6. The van der Waals surface area contributed by atoms with Gasteiger partial charge in [0, 0.05) is 62.2 Å². The molecule has 1 saturated heterocycles. The first-order chi connectivity index (χ1) is 14.2. The minimum absolute atomic E-state index is 0.0991. The molecule has 3 aromatic rings. The minimum atomic E-state index is -0.250. The van der Waals surface area contributed by atoms with E-state index in [4.69, 9.17) is 9.90 Å². The van der Waals surface area contributed by atoms with Crippen LogP contribution in [0.1, 0.15) is 22.6 Å². The fraction of sp³-hybridized carbons (Fsp3) is 0.300. The monoisotopic (exact) mass is 396 g/mol. The number of hydrogen-bond acceptors (Lipinski definition) is 5. The maximum Gasteiger partial charge on any atom is 0.290 e. The standard InChI is InChI=1S/C19H22N6O.CH2O2/c26-19(16-2-4-17(5-3-16)25-11-8-20-15-25)24-10-1-9-23(12-13-24)14-18-21-6-7-22-18;2-1-3/h2-8,11,15H,1,9-10,12-14H2,(H,21,22);1H,(H,2,3). The molecule has 1 amide bonds. The highest BCUT2D eigenvalue weighted by Crippen LogP contribution is 2.14. The predicted molar refractivity (Wildman–Crippen MR) is 107 cm³/mol. The Morgan fingerprint density at radius 1 is 1.14 bits per heavy atom. The Hall–Kier alpha value is -3.46. The number of benzene rings is 1. The van der Waals surface area contributed by atoms with Crippen LogP contribution in [-0.4, -0.2) is 73.0 Å². The van der Waals surface area contributed by atoms with Crippen LogP contribution in [0.3, 0.4) is 0 Å². The number of aromatic amines is 1. The Balaban J connectivity index is 0.000000755. The van der Waals surface area contributed by atoms with Crippen LogP contribution in [0.25, 0.3) is 5.69 Å². The third-order valence-corrected chi connectivity index (χ3v) is 4.72. The van der Waals surface area contributed by atoms with Gasteiger partial charge in [0.05, 0.1) is 12.9 Å². The smallest absolute Gasteiger partial charge is 0.290 e. The second kappa shape index (κ2) is 10.2. The maximum absolute atomic E-state index is 12.8. The van der Waals surface area contributed by atoms with E-state index in [1.807, 2.05) is 46.1 Å². The van der Waals surface area contributed by atoms with E-state index in [9.17, 15) is 4.79 Å². The molecular formula is C20H24N6O3. The lowest BCUT2D eigenvalue weighted by molar-refractivity contribution is -0.122. The molecule has 0 spiro atoms. The number of nitrogens with one attached hydrogen (secondary N) is 1. The van der Waals surface area contributed by atoms with Crippen molar-refractivity contribution >= 4 is 12.4 Å². The molecule has 1 fully saturated rings. The van der Waals surface area contributed by atoms with E-state index in [0.29, 0.717) is 0 Å². The maximum atomic E-state index is 12.8. The molecule has 2 aromatic heterocycles. The molecule has 1 aliphatic rings. The van der Waals surface area contributed by atoms with Crippen LogP contribution < -0.4 is 0 Å². The van der Waals surface area contributed by atoms with Crippen molar-refractivity contribution in [3.05, 3.63) is 66.8 Å². The summed E-state index contributed by atoms with van der Waals surface area (Å²) in [6.07, 6.45) is 9.97. The molecule has 4 rings (SSSR count). The number of H-pyrrole nitrogens is 1. The van der Waals surface area contributed by atoms with Crippen molar-refractivity contribution in [1.29, 1.82) is 0 Å². The lowest BCUT2D eigenvalue weighted by Gasteiger charge is -2.21. The molecule has 152 valence electrons. The molecule has 3 heterocycles. The molecule has 1 aliphatic heterocycles. The van der Waals surface area contributed by atoms with Gasteiger partial charge in [-0.25, -0.2) is 9.97 Å². The van der Waals surface area contributed by atoms with Crippen LogP contribution in [0.2, 0.25) is 0 Å². The molecule has 9 heteroatoms. The van der Waals surface area contributed by atoms with Gasteiger partial charge in [-0.2, -0.15) is 0 Å². The van der Waals surface area contributed by atoms with Crippen molar-refractivity contribution in [2.75, 3.05) is 26.2 Å². The molecule has 9 nitrogen and oxygen atoms in total. The summed E-state index contributed by atoms with van der Waals surface area (Å²) in [6.45, 7) is 3.91. The zero-order valence-corrected chi connectivity index (χ0v) is 16.0. The van der Waals surface area contributed by atoms with Crippen molar-refractivity contribution in [2.24, 2.45) is 0 Å². The van der Waals surface area contributed by atoms with Gasteiger partial charge < -0.3 is 19.6 Å². The lowest BCUT2D eigenvalue weighted by atomic mass is 10.1. The summed E-state index contributed by atoms with van der Waals surface area (Å²) in [4.78, 5) is 37.0. The van der Waals surface area contributed by atoms with Crippen molar-refractivity contribution in [1.82, 2.24) is 29.3 Å². The molecule has 2 N–H and O–H groups in total. The molecule has 0 atom stereocenters. The fourth-order valence-electron chi connectivity index (χ4n) is 3.30. The van der Waals surface area contributed by atoms with Gasteiger partial charge >= 0.3 is 0 Å². The number of carbonyl (C=O) groups excluding carboxylic acids is 1. The van der Waals surface area contributed by atoms with E-state index in [1.165, 1.54) is 0 Å². The Bertz CT molecular complexity index is 878. The van der Waals surface area contributed by atoms with Crippen LogP contribution in [0.4, 0.5) is 0 Å². The number of rotatable bonds is 4. The van der Waals surface area contributed by atoms with Crippen LogP contribution >= 0.6 is 0 Å². The third-order valence-electron chi connectivity index (χ3n) is 4.72. The first-order valence-electron chi connectivity index (χ1n) is 9.37. The Morgan fingerprint density at radius 3 is 2.59 bits per heavy atom. The van der Waals surface area contributed by atoms with Gasteiger partial charge in [0.25, 0.3) is 12.4 Å². The number of carboxylic acid groups (broad SMARTS) is 1. The predicted octanol–water partition coefficient (Wildman–Crippen LogP) is 1.64. The summed E-state index contributed by atoms with van der Waals surface area (Å²) in [5.74, 6) is 1.07. The summed E-state index contributed by atoms with van der Waals surface area (Å²) in [5.41, 5.74) is 1.73. The van der Waals surface area contributed by atoms with Gasteiger partial charge in [-0.3, -0.25) is 14.5 Å². The lowest BCUT2D eigenvalue weighted by Crippen LogP contribution is -2.35. The highest BCUT2D eigenvalue weighted by atomic mass is 16.3. The first-order valence-corrected chi connectivity index (χ1v) is 9.37. The van der Waals surface area contributed by atoms with Gasteiger partial charge in [0.15, 0.2) is 0 Å². The van der Waals surface area contributed by atoms with E-state index in [2.05, 4.69) is 19.9 Å². The number of nitrogens with zero attached hydrogens (tertiary/aromatic N) is 5. The molecule has 0 unspecified atom stereocenters. The van der Waals surface area contributed by atoms with Gasteiger partial charge in [-0.1, -0.05) is 0 Å². The van der Waals surface area contributed by atoms with Gasteiger partial charge in [-0.05, 0) is 30.7 Å². The van der Waals surface area contributed by atoms with E-state index in [0.717, 1.165) is 56.2 Å². The average Bonchev–Trinajstić information content (AvgIpc) is 3.40. The van der Waals surface area contributed by atoms with E-state index < -0.39 is 0 Å². The zero-order chi connectivity index (χ0) is 20.5. The Kier molecular flexibility index (Phi) is 7.12. The van der Waals surface area contributed by atoms with Gasteiger partial charge in [0.2, 0.25) is 0 Å². The van der Waals surface area contributed by atoms with Crippen molar-refractivity contribution < 1.29 is 14.7 Å². The molecule has 0 saturated carbocycles. The second-order valence-electron chi connectivity index (χ2n) is 6.58. The average molecular weight is 396 g/mol. The minimum Gasteiger partial charge on any atom is -0.483 e. The van der Waals surface area contributed by atoms with Crippen molar-refractivity contribution in [2.45, 2.75) is 13.0 Å². The quantitative estimate of drug-likeness (QED) is 0.649. The molecule has 0 aliphatic carbocycles. The SMILES string of the molecule is O=C(c1ccc(-n2ccnc2)cc1)N1CCCN(Cc2ncc[nH]2)CC1.O=CO. The topological polar surface area (TPSA) is 107 Å². The van der Waals surface area contributed by atoms with Crippen LogP contribution in [0, 0.1) is 0 Å². The molecular weight excluding hydrogens is 372 g/mol. The Morgan fingerprint density at radius 2 is 1.93 bits per heavy atom. The molecule has 0 radical (unpaired) electrons. The van der Waals surface area contributed by atoms with Crippen molar-refractivity contribution in [3.63, 3.8) is 0 Å². The van der Waals surface area contributed by atoms with E-state index in [1.54, 1.807) is 18.7 Å². The highest BCUT2D eigenvalue weighted by molar-refractivity contribution is 5.94. The van der Waals surface area contributed by atoms with Crippen LogP contribution in [0.15, 0.2) is 55.4 Å². The summed E-state index contributed by atoms with van der Waals surface area (Å²) in [5, 5.41) is 6.89. The molecule has 29 heavy (non-hydrogen) atoms. The number of imidazole rings is 2. The fourth-order valence-corrected chi connectivity index (χ4v) is 3.30. The van der Waals surface area contributed by atoms with E-state index >= 15 is 0 Å². The van der Waals surface area contributed by atoms with Crippen LogP contribution in [0.5, 0.6) is 0 Å². The summed E-state index contributed by atoms with van der Waals surface area (Å²) < 4.78 is 1.92. The number of carbonyl (C=O) groups is 2. The third kappa shape index (κ3) is 5.52. The Labute approximate surface area is 168 Å². The number of hydrogen-bond donors (Lipinski definition) is 2. The number of amides is 1. The number of aromatic nitrogens is 4.